The summed E-state index contributed by atoms with van der Waals surface area (Å²) in [6.07, 6.45) is 1.08. The van der Waals surface area contributed by atoms with Gasteiger partial charge in [0.25, 0.3) is 0 Å². The van der Waals surface area contributed by atoms with E-state index in [0.717, 1.165) is 51.7 Å². The van der Waals surface area contributed by atoms with E-state index in [9.17, 15) is 4.79 Å². The highest BCUT2D eigenvalue weighted by Crippen LogP contribution is 2.52. The molecule has 2 heterocycles. The molecule has 1 saturated carbocycles. The van der Waals surface area contributed by atoms with Crippen LogP contribution in [0.1, 0.15) is 20.3 Å². The summed E-state index contributed by atoms with van der Waals surface area (Å²) in [6, 6.07) is 0.726. The third-order valence-electron chi connectivity index (χ3n) is 4.71. The molecule has 3 rings (SSSR count). The largest absolute Gasteiger partial charge is 0.340 e. The van der Waals surface area contributed by atoms with Crippen molar-refractivity contribution in [2.24, 2.45) is 11.3 Å². The molecule has 1 N–H and O–H groups in total. The number of hydrogen-bond donors (Lipinski definition) is 1. The lowest BCUT2D eigenvalue weighted by molar-refractivity contribution is -0.135. The Bertz CT molecular complexity index is 317. The molecule has 1 amide bonds. The second kappa shape index (κ2) is 3.95. The highest BCUT2D eigenvalue weighted by Gasteiger charge is 2.52. The van der Waals surface area contributed by atoms with E-state index in [0.29, 0.717) is 11.8 Å². The van der Waals surface area contributed by atoms with Crippen molar-refractivity contribution in [3.05, 3.63) is 0 Å². The summed E-state index contributed by atoms with van der Waals surface area (Å²) >= 11 is 0. The van der Waals surface area contributed by atoms with Gasteiger partial charge in [-0.25, -0.2) is 0 Å². The maximum Gasteiger partial charge on any atom is 0.226 e. The normalized spacial score (nSPS) is 33.3. The number of nitrogens with one attached hydrogen (secondary N) is 1. The van der Waals surface area contributed by atoms with Gasteiger partial charge in [0.15, 0.2) is 0 Å². The van der Waals surface area contributed by atoms with E-state index >= 15 is 0 Å². The Kier molecular flexibility index (Phi) is 2.67. The lowest BCUT2D eigenvalue weighted by Crippen LogP contribution is -2.62. The summed E-state index contributed by atoms with van der Waals surface area (Å²) in [5, 5.41) is 3.31. The van der Waals surface area contributed by atoms with Crippen molar-refractivity contribution in [2.45, 2.75) is 26.3 Å². The third-order valence-corrected chi connectivity index (χ3v) is 4.71. The lowest BCUT2D eigenvalue weighted by atomic mass is 10.1. The predicted octanol–water partition coefficient (Wildman–Crippen LogP) is 0.149. The van der Waals surface area contributed by atoms with Crippen LogP contribution in [0.5, 0.6) is 0 Å². The van der Waals surface area contributed by atoms with Crippen molar-refractivity contribution in [3.8, 4) is 0 Å². The topological polar surface area (TPSA) is 35.6 Å². The van der Waals surface area contributed by atoms with Crippen LogP contribution in [-0.2, 0) is 4.79 Å². The summed E-state index contributed by atoms with van der Waals surface area (Å²) in [5.74, 6) is 0.709. The SMILES string of the molecule is CC1(C)CC1C(=O)N1CCN(C2CNC2)CC1. The van der Waals surface area contributed by atoms with Gasteiger partial charge in [0.1, 0.15) is 0 Å². The number of hydrogen-bond acceptors (Lipinski definition) is 3. The lowest BCUT2D eigenvalue weighted by Gasteiger charge is -2.43. The Balaban J connectivity index is 1.49. The molecule has 1 atom stereocenters. The van der Waals surface area contributed by atoms with Gasteiger partial charge in [0.2, 0.25) is 5.91 Å². The van der Waals surface area contributed by atoms with Crippen LogP contribution in [0.2, 0.25) is 0 Å². The average molecular weight is 237 g/mol. The van der Waals surface area contributed by atoms with Gasteiger partial charge in [-0.05, 0) is 11.8 Å². The molecule has 1 unspecified atom stereocenters. The van der Waals surface area contributed by atoms with E-state index in [-0.39, 0.29) is 5.41 Å². The number of rotatable bonds is 2. The van der Waals surface area contributed by atoms with Gasteiger partial charge in [-0.2, -0.15) is 0 Å². The minimum Gasteiger partial charge on any atom is -0.340 e. The fraction of sp³-hybridized carbons (Fsp3) is 0.923. The molecule has 96 valence electrons. The molecule has 4 nitrogen and oxygen atoms in total. The zero-order valence-corrected chi connectivity index (χ0v) is 10.9. The first kappa shape index (κ1) is 11.5. The quantitative estimate of drug-likeness (QED) is 0.742. The van der Waals surface area contributed by atoms with E-state index in [1.54, 1.807) is 0 Å². The van der Waals surface area contributed by atoms with E-state index in [1.165, 1.54) is 0 Å². The molecule has 0 aromatic heterocycles. The number of amides is 1. The minimum atomic E-state index is 0.270. The molecule has 0 bridgehead atoms. The molecule has 0 spiro atoms. The molecule has 0 aromatic rings. The molecule has 3 fully saturated rings. The maximum atomic E-state index is 12.2. The maximum absolute atomic E-state index is 12.2. The first-order valence-electron chi connectivity index (χ1n) is 6.81. The molecule has 4 heteroatoms. The Morgan fingerprint density at radius 2 is 1.76 bits per heavy atom. The third kappa shape index (κ3) is 2.08. The Labute approximate surface area is 103 Å². The standard InChI is InChI=1S/C13H23N3O/c1-13(2)7-11(13)12(17)16-5-3-15(4-6-16)10-8-14-9-10/h10-11,14H,3-9H2,1-2H3. The van der Waals surface area contributed by atoms with Crippen molar-refractivity contribution in [3.63, 3.8) is 0 Å². The van der Waals surface area contributed by atoms with E-state index < -0.39 is 0 Å². The molecule has 2 aliphatic heterocycles. The first-order chi connectivity index (χ1) is 8.08. The minimum absolute atomic E-state index is 0.270. The zero-order chi connectivity index (χ0) is 12.0. The van der Waals surface area contributed by atoms with Crippen LogP contribution in [-0.4, -0.2) is 61.0 Å². The van der Waals surface area contributed by atoms with Gasteiger partial charge in [0, 0.05) is 51.2 Å². The molecule has 1 aliphatic carbocycles. The fourth-order valence-corrected chi connectivity index (χ4v) is 2.95. The number of carbonyl (C=O) groups excluding carboxylic acids is 1. The second-order valence-corrected chi connectivity index (χ2v) is 6.42. The summed E-state index contributed by atoms with van der Waals surface area (Å²) < 4.78 is 0. The Morgan fingerprint density at radius 3 is 2.18 bits per heavy atom. The van der Waals surface area contributed by atoms with Crippen LogP contribution in [0, 0.1) is 11.3 Å². The van der Waals surface area contributed by atoms with Crippen molar-refractivity contribution >= 4 is 5.91 Å². The van der Waals surface area contributed by atoms with Gasteiger partial charge in [-0.3, -0.25) is 9.69 Å². The van der Waals surface area contributed by atoms with Gasteiger partial charge in [-0.1, -0.05) is 13.8 Å². The molecule has 0 radical (unpaired) electrons. The molecule has 0 aromatic carbocycles. The summed E-state index contributed by atoms with van der Waals surface area (Å²) in [7, 11) is 0. The summed E-state index contributed by atoms with van der Waals surface area (Å²) in [4.78, 5) is 16.8. The van der Waals surface area contributed by atoms with Crippen LogP contribution in [0.3, 0.4) is 0 Å². The van der Waals surface area contributed by atoms with E-state index in [4.69, 9.17) is 0 Å². The first-order valence-corrected chi connectivity index (χ1v) is 6.81. The second-order valence-electron chi connectivity index (χ2n) is 6.42. The number of piperazine rings is 1. The van der Waals surface area contributed by atoms with Crippen molar-refractivity contribution in [1.29, 1.82) is 0 Å². The number of nitrogens with zero attached hydrogens (tertiary/aromatic N) is 2. The number of carbonyl (C=O) groups is 1. The predicted molar refractivity (Wildman–Crippen MR) is 66.7 cm³/mol. The Hall–Kier alpha value is -0.610. The monoisotopic (exact) mass is 237 g/mol. The summed E-state index contributed by atoms with van der Waals surface area (Å²) in [5.41, 5.74) is 0.270. The van der Waals surface area contributed by atoms with Crippen LogP contribution < -0.4 is 5.32 Å². The van der Waals surface area contributed by atoms with E-state index in [2.05, 4.69) is 29.0 Å². The highest BCUT2D eigenvalue weighted by molar-refractivity contribution is 5.82. The average Bonchev–Trinajstić information content (AvgIpc) is 2.85. The fourth-order valence-electron chi connectivity index (χ4n) is 2.95. The van der Waals surface area contributed by atoms with Crippen LogP contribution in [0.4, 0.5) is 0 Å². The van der Waals surface area contributed by atoms with Crippen LogP contribution in [0.15, 0.2) is 0 Å². The smallest absolute Gasteiger partial charge is 0.226 e. The van der Waals surface area contributed by atoms with Gasteiger partial charge < -0.3 is 10.2 Å². The van der Waals surface area contributed by atoms with Gasteiger partial charge in [0.05, 0.1) is 0 Å². The Morgan fingerprint density at radius 1 is 1.18 bits per heavy atom. The van der Waals surface area contributed by atoms with Gasteiger partial charge in [-0.15, -0.1) is 0 Å². The van der Waals surface area contributed by atoms with Crippen LogP contribution in [0.25, 0.3) is 0 Å². The van der Waals surface area contributed by atoms with Crippen molar-refractivity contribution < 1.29 is 4.79 Å². The molecular formula is C13H23N3O. The van der Waals surface area contributed by atoms with Gasteiger partial charge >= 0.3 is 0 Å². The molecular weight excluding hydrogens is 214 g/mol. The van der Waals surface area contributed by atoms with Crippen LogP contribution >= 0.6 is 0 Å². The molecule has 17 heavy (non-hydrogen) atoms. The highest BCUT2D eigenvalue weighted by atomic mass is 16.2. The molecule has 2 saturated heterocycles. The van der Waals surface area contributed by atoms with Crippen molar-refractivity contribution in [1.82, 2.24) is 15.1 Å². The van der Waals surface area contributed by atoms with Crippen molar-refractivity contribution in [2.75, 3.05) is 39.3 Å². The molecule has 3 aliphatic rings. The zero-order valence-electron chi connectivity index (χ0n) is 10.9. The van der Waals surface area contributed by atoms with E-state index in [1.807, 2.05) is 0 Å². The summed E-state index contributed by atoms with van der Waals surface area (Å²) in [6.45, 7) is 10.6.